The van der Waals surface area contributed by atoms with Crippen molar-refractivity contribution in [1.29, 1.82) is 0 Å². The summed E-state index contributed by atoms with van der Waals surface area (Å²) in [6.07, 6.45) is 1.01. The minimum Gasteiger partial charge on any atom is -0.493 e. The normalized spacial score (nSPS) is 14.3. The fourth-order valence-electron chi connectivity index (χ4n) is 2.25. The van der Waals surface area contributed by atoms with Gasteiger partial charge in [0.25, 0.3) is 0 Å². The van der Waals surface area contributed by atoms with E-state index in [1.807, 2.05) is 12.1 Å². The van der Waals surface area contributed by atoms with E-state index < -0.39 is 0 Å². The van der Waals surface area contributed by atoms with E-state index in [4.69, 9.17) is 15.2 Å². The molecule has 1 aromatic carbocycles. The molecular formula is C17H30N2O2. The van der Waals surface area contributed by atoms with E-state index in [2.05, 4.69) is 38.8 Å². The lowest BCUT2D eigenvalue weighted by Crippen LogP contribution is -2.32. The minimum absolute atomic E-state index is 0.255. The van der Waals surface area contributed by atoms with Crippen molar-refractivity contribution >= 4 is 0 Å². The Morgan fingerprint density at radius 3 is 2.24 bits per heavy atom. The van der Waals surface area contributed by atoms with Crippen LogP contribution in [-0.4, -0.2) is 38.8 Å². The van der Waals surface area contributed by atoms with E-state index in [-0.39, 0.29) is 6.04 Å². The average molecular weight is 294 g/mol. The summed E-state index contributed by atoms with van der Waals surface area (Å²) in [4.78, 5) is 2.32. The number of nitrogens with zero attached hydrogens (tertiary/aromatic N) is 1. The number of methoxy groups -OCH3 is 2. The first-order valence-electron chi connectivity index (χ1n) is 7.58. The molecule has 2 N–H and O–H groups in total. The fourth-order valence-corrected chi connectivity index (χ4v) is 2.25. The highest BCUT2D eigenvalue weighted by Crippen LogP contribution is 2.31. The van der Waals surface area contributed by atoms with Gasteiger partial charge < -0.3 is 15.2 Å². The topological polar surface area (TPSA) is 47.7 Å². The molecule has 0 amide bonds. The van der Waals surface area contributed by atoms with Crippen molar-refractivity contribution < 1.29 is 9.47 Å². The highest BCUT2D eigenvalue weighted by Gasteiger charge is 2.16. The maximum atomic E-state index is 6.12. The molecule has 4 nitrogen and oxygen atoms in total. The Hall–Kier alpha value is -1.26. The summed E-state index contributed by atoms with van der Waals surface area (Å²) in [5.41, 5.74) is 7.34. The van der Waals surface area contributed by atoms with Gasteiger partial charge in [-0.25, -0.2) is 0 Å². The van der Waals surface area contributed by atoms with Crippen molar-refractivity contribution in [2.45, 2.75) is 39.3 Å². The number of nitrogens with two attached hydrogens (primary N) is 1. The fraction of sp³-hybridized carbons (Fsp3) is 0.647. The van der Waals surface area contributed by atoms with Crippen LogP contribution in [0.15, 0.2) is 18.2 Å². The molecular weight excluding hydrogens is 264 g/mol. The molecule has 2 atom stereocenters. The number of rotatable bonds is 8. The van der Waals surface area contributed by atoms with Gasteiger partial charge in [0, 0.05) is 12.1 Å². The molecule has 0 aromatic heterocycles. The molecule has 0 spiro atoms. The molecule has 0 aliphatic carbocycles. The van der Waals surface area contributed by atoms with Crippen LogP contribution in [0.1, 0.15) is 38.8 Å². The lowest BCUT2D eigenvalue weighted by atomic mass is 10.0. The van der Waals surface area contributed by atoms with Crippen molar-refractivity contribution in [1.82, 2.24) is 4.90 Å². The Labute approximate surface area is 129 Å². The Bertz CT molecular complexity index is 435. The van der Waals surface area contributed by atoms with E-state index in [0.29, 0.717) is 12.0 Å². The molecule has 120 valence electrons. The molecule has 0 aliphatic heterocycles. The number of benzene rings is 1. The number of hydrogen-bond donors (Lipinski definition) is 1. The molecule has 2 unspecified atom stereocenters. The third-order valence-corrected chi connectivity index (χ3v) is 4.22. The maximum Gasteiger partial charge on any atom is 0.161 e. The first kappa shape index (κ1) is 17.8. The van der Waals surface area contributed by atoms with E-state index in [1.54, 1.807) is 14.2 Å². The summed E-state index contributed by atoms with van der Waals surface area (Å²) < 4.78 is 10.7. The van der Waals surface area contributed by atoms with Crippen LogP contribution in [0.2, 0.25) is 0 Å². The number of ether oxygens (including phenoxy) is 2. The molecule has 0 heterocycles. The van der Waals surface area contributed by atoms with Gasteiger partial charge in [-0.1, -0.05) is 19.9 Å². The Balaban J connectivity index is 2.71. The minimum atomic E-state index is 0.255. The summed E-state index contributed by atoms with van der Waals surface area (Å²) in [7, 11) is 5.45. The van der Waals surface area contributed by atoms with Crippen LogP contribution in [0, 0.1) is 5.92 Å². The van der Waals surface area contributed by atoms with Gasteiger partial charge in [-0.05, 0) is 50.6 Å². The van der Waals surface area contributed by atoms with Crippen LogP contribution >= 0.6 is 0 Å². The summed E-state index contributed by atoms with van der Waals surface area (Å²) in [6, 6.07) is 6.65. The van der Waals surface area contributed by atoms with Crippen molar-refractivity contribution in [2.24, 2.45) is 11.7 Å². The van der Waals surface area contributed by atoms with Crippen molar-refractivity contribution in [3.05, 3.63) is 23.8 Å². The second-order valence-electron chi connectivity index (χ2n) is 5.97. The van der Waals surface area contributed by atoms with E-state index in [9.17, 15) is 0 Å². The Morgan fingerprint density at radius 1 is 1.10 bits per heavy atom. The zero-order chi connectivity index (χ0) is 16.0. The molecule has 0 fully saturated rings. The first-order chi connectivity index (χ1) is 9.90. The SMILES string of the molecule is COc1ccc(C(C)N(C)CCC(N)C(C)C)cc1OC. The van der Waals surface area contributed by atoms with E-state index >= 15 is 0 Å². The second kappa shape index (κ2) is 8.25. The Kier molecular flexibility index (Phi) is 6.99. The zero-order valence-corrected chi connectivity index (χ0v) is 14.2. The monoisotopic (exact) mass is 294 g/mol. The van der Waals surface area contributed by atoms with Gasteiger partial charge >= 0.3 is 0 Å². The molecule has 4 heteroatoms. The third kappa shape index (κ3) is 4.90. The highest BCUT2D eigenvalue weighted by atomic mass is 16.5. The standard InChI is InChI=1S/C17H30N2O2/c1-12(2)15(18)9-10-19(4)13(3)14-7-8-16(20-5)17(11-14)21-6/h7-8,11-13,15H,9-10,18H2,1-6H3. The van der Waals surface area contributed by atoms with Crippen LogP contribution < -0.4 is 15.2 Å². The van der Waals surface area contributed by atoms with E-state index in [1.165, 1.54) is 5.56 Å². The van der Waals surface area contributed by atoms with Crippen molar-refractivity contribution in [3.8, 4) is 11.5 Å². The van der Waals surface area contributed by atoms with Gasteiger partial charge in [0.15, 0.2) is 11.5 Å². The van der Waals surface area contributed by atoms with Crippen molar-refractivity contribution in [3.63, 3.8) is 0 Å². The molecule has 0 bridgehead atoms. The molecule has 0 aliphatic rings. The lowest BCUT2D eigenvalue weighted by Gasteiger charge is -2.27. The highest BCUT2D eigenvalue weighted by molar-refractivity contribution is 5.43. The maximum absolute atomic E-state index is 6.12. The van der Waals surface area contributed by atoms with Crippen LogP contribution in [0.4, 0.5) is 0 Å². The van der Waals surface area contributed by atoms with Crippen LogP contribution in [0.3, 0.4) is 0 Å². The van der Waals surface area contributed by atoms with E-state index in [0.717, 1.165) is 24.5 Å². The molecule has 21 heavy (non-hydrogen) atoms. The quantitative estimate of drug-likeness (QED) is 0.800. The average Bonchev–Trinajstić information content (AvgIpc) is 2.50. The zero-order valence-electron chi connectivity index (χ0n) is 14.2. The molecule has 0 saturated carbocycles. The van der Waals surface area contributed by atoms with Crippen LogP contribution in [0.25, 0.3) is 0 Å². The smallest absolute Gasteiger partial charge is 0.161 e. The summed E-state index contributed by atoms with van der Waals surface area (Å²) >= 11 is 0. The second-order valence-corrected chi connectivity index (χ2v) is 5.97. The van der Waals surface area contributed by atoms with Gasteiger partial charge in [-0.15, -0.1) is 0 Å². The van der Waals surface area contributed by atoms with Gasteiger partial charge in [0.2, 0.25) is 0 Å². The molecule has 1 aromatic rings. The lowest BCUT2D eigenvalue weighted by molar-refractivity contribution is 0.242. The van der Waals surface area contributed by atoms with Crippen LogP contribution in [0.5, 0.6) is 11.5 Å². The molecule has 0 saturated heterocycles. The number of hydrogen-bond acceptors (Lipinski definition) is 4. The van der Waals surface area contributed by atoms with Crippen molar-refractivity contribution in [2.75, 3.05) is 27.8 Å². The predicted octanol–water partition coefficient (Wildman–Crippen LogP) is 3.07. The van der Waals surface area contributed by atoms with Crippen LogP contribution in [-0.2, 0) is 0 Å². The molecule has 1 rings (SSSR count). The molecule has 0 radical (unpaired) electrons. The van der Waals surface area contributed by atoms with Gasteiger partial charge in [0.05, 0.1) is 14.2 Å². The Morgan fingerprint density at radius 2 is 1.71 bits per heavy atom. The predicted molar refractivity (Wildman–Crippen MR) is 88.0 cm³/mol. The summed E-state index contributed by atoms with van der Waals surface area (Å²) in [5.74, 6) is 2.06. The third-order valence-electron chi connectivity index (χ3n) is 4.22. The van der Waals surface area contributed by atoms with Gasteiger partial charge in [0.1, 0.15) is 0 Å². The largest absolute Gasteiger partial charge is 0.493 e. The summed E-state index contributed by atoms with van der Waals surface area (Å²) in [6.45, 7) is 7.52. The summed E-state index contributed by atoms with van der Waals surface area (Å²) in [5, 5.41) is 0. The van der Waals surface area contributed by atoms with Gasteiger partial charge in [-0.3, -0.25) is 4.90 Å². The van der Waals surface area contributed by atoms with Gasteiger partial charge in [-0.2, -0.15) is 0 Å². The first-order valence-corrected chi connectivity index (χ1v) is 7.58.